The van der Waals surface area contributed by atoms with E-state index in [2.05, 4.69) is 47.2 Å². The summed E-state index contributed by atoms with van der Waals surface area (Å²) in [5.41, 5.74) is 2.31. The minimum atomic E-state index is 0.722. The third-order valence-electron chi connectivity index (χ3n) is 3.22. The maximum Gasteiger partial charge on any atom is 0.0547 e. The normalized spacial score (nSPS) is 23.1. The first-order valence-corrected chi connectivity index (χ1v) is 6.59. The fourth-order valence-electron chi connectivity index (χ4n) is 2.43. The van der Waals surface area contributed by atoms with Crippen molar-refractivity contribution in [1.82, 2.24) is 15.2 Å². The van der Waals surface area contributed by atoms with Gasteiger partial charge in [-0.15, -0.1) is 0 Å². The van der Waals surface area contributed by atoms with Crippen molar-refractivity contribution >= 4 is 0 Å². The maximum absolute atomic E-state index is 4.59. The summed E-state index contributed by atoms with van der Waals surface area (Å²) in [6, 6.07) is 6.30. The van der Waals surface area contributed by atoms with Crippen LogP contribution in [0.25, 0.3) is 0 Å². The monoisotopic (exact) mass is 233 g/mol. The lowest BCUT2D eigenvalue weighted by molar-refractivity contribution is 0.207. The van der Waals surface area contributed by atoms with Gasteiger partial charge in [-0.25, -0.2) is 0 Å². The molecule has 0 saturated carbocycles. The van der Waals surface area contributed by atoms with Crippen LogP contribution in [0.3, 0.4) is 0 Å². The molecule has 0 amide bonds. The van der Waals surface area contributed by atoms with Crippen LogP contribution in [0.15, 0.2) is 18.2 Å². The van der Waals surface area contributed by atoms with Gasteiger partial charge in [0.25, 0.3) is 0 Å². The summed E-state index contributed by atoms with van der Waals surface area (Å²) >= 11 is 0. The zero-order chi connectivity index (χ0) is 12.1. The van der Waals surface area contributed by atoms with Crippen LogP contribution in [-0.4, -0.2) is 36.1 Å². The number of aromatic nitrogens is 1. The van der Waals surface area contributed by atoms with E-state index in [-0.39, 0.29) is 0 Å². The molecule has 1 saturated heterocycles. The van der Waals surface area contributed by atoms with Gasteiger partial charge in [-0.1, -0.05) is 13.0 Å². The van der Waals surface area contributed by atoms with Gasteiger partial charge in [0, 0.05) is 18.8 Å². The Bertz CT molecular complexity index is 351. The molecule has 0 radical (unpaired) electrons. The highest BCUT2D eigenvalue weighted by Crippen LogP contribution is 2.08. The number of nitrogens with zero attached hydrogens (tertiary/aromatic N) is 2. The Morgan fingerprint density at radius 1 is 1.47 bits per heavy atom. The number of pyridine rings is 1. The van der Waals surface area contributed by atoms with Crippen molar-refractivity contribution in [3.8, 4) is 0 Å². The Morgan fingerprint density at radius 2 is 2.35 bits per heavy atom. The summed E-state index contributed by atoms with van der Waals surface area (Å²) in [4.78, 5) is 7.12. The van der Waals surface area contributed by atoms with Gasteiger partial charge in [-0.2, -0.15) is 0 Å². The average molecular weight is 233 g/mol. The maximum atomic E-state index is 4.59. The van der Waals surface area contributed by atoms with Crippen LogP contribution >= 0.6 is 0 Å². The van der Waals surface area contributed by atoms with Gasteiger partial charge in [0.2, 0.25) is 0 Å². The fourth-order valence-corrected chi connectivity index (χ4v) is 2.43. The minimum absolute atomic E-state index is 0.722. The number of rotatable bonds is 2. The largest absolute Gasteiger partial charge is 0.316 e. The van der Waals surface area contributed by atoms with Crippen molar-refractivity contribution in [2.75, 3.05) is 26.2 Å². The zero-order valence-electron chi connectivity index (χ0n) is 10.9. The molecule has 2 rings (SSSR count). The van der Waals surface area contributed by atoms with Gasteiger partial charge in [0.1, 0.15) is 0 Å². The second-order valence-electron chi connectivity index (χ2n) is 5.17. The van der Waals surface area contributed by atoms with Crippen LogP contribution in [0.4, 0.5) is 0 Å². The molecule has 0 bridgehead atoms. The van der Waals surface area contributed by atoms with E-state index in [1.165, 1.54) is 25.2 Å². The van der Waals surface area contributed by atoms with Crippen molar-refractivity contribution in [3.05, 3.63) is 29.6 Å². The molecule has 3 nitrogen and oxygen atoms in total. The van der Waals surface area contributed by atoms with Crippen molar-refractivity contribution in [2.24, 2.45) is 5.92 Å². The Balaban J connectivity index is 1.96. The molecule has 1 aromatic rings. The molecule has 1 aromatic heterocycles. The Labute approximate surface area is 104 Å². The summed E-state index contributed by atoms with van der Waals surface area (Å²) in [5.74, 6) is 0.722. The lowest BCUT2D eigenvalue weighted by Crippen LogP contribution is -2.38. The average Bonchev–Trinajstić information content (AvgIpc) is 2.25. The summed E-state index contributed by atoms with van der Waals surface area (Å²) in [6.07, 6.45) is 1.23. The molecule has 1 N–H and O–H groups in total. The fraction of sp³-hybridized carbons (Fsp3) is 0.643. The standard InChI is InChI=1S/C14H23N3/c1-12-9-15-7-4-8-17(10-12)11-14-6-3-5-13(2)16-14/h3,5-6,12,15H,4,7-11H2,1-2H3. The highest BCUT2D eigenvalue weighted by molar-refractivity contribution is 5.09. The van der Waals surface area contributed by atoms with Gasteiger partial charge in [0.05, 0.1) is 5.69 Å². The number of aryl methyl sites for hydroxylation is 1. The third kappa shape index (κ3) is 4.10. The van der Waals surface area contributed by atoms with Gasteiger partial charge < -0.3 is 5.32 Å². The zero-order valence-corrected chi connectivity index (χ0v) is 10.9. The topological polar surface area (TPSA) is 28.2 Å². The van der Waals surface area contributed by atoms with Crippen LogP contribution in [0.2, 0.25) is 0 Å². The summed E-state index contributed by atoms with van der Waals surface area (Å²) in [6.45, 7) is 9.99. The first-order valence-electron chi connectivity index (χ1n) is 6.59. The van der Waals surface area contributed by atoms with Crippen molar-refractivity contribution < 1.29 is 0 Å². The van der Waals surface area contributed by atoms with Gasteiger partial charge in [-0.05, 0) is 51.0 Å². The van der Waals surface area contributed by atoms with Crippen molar-refractivity contribution in [1.29, 1.82) is 0 Å². The van der Waals surface area contributed by atoms with Crippen LogP contribution in [0.5, 0.6) is 0 Å². The molecule has 1 fully saturated rings. The molecule has 1 aliphatic heterocycles. The lowest BCUT2D eigenvalue weighted by atomic mass is 10.1. The molecular weight excluding hydrogens is 210 g/mol. The number of nitrogens with one attached hydrogen (secondary N) is 1. The molecule has 1 aliphatic rings. The Morgan fingerprint density at radius 3 is 3.18 bits per heavy atom. The van der Waals surface area contributed by atoms with E-state index in [0.717, 1.165) is 31.2 Å². The van der Waals surface area contributed by atoms with E-state index in [0.29, 0.717) is 0 Å². The molecule has 1 atom stereocenters. The predicted molar refractivity (Wildman–Crippen MR) is 70.9 cm³/mol. The van der Waals surface area contributed by atoms with Gasteiger partial charge in [0.15, 0.2) is 0 Å². The summed E-state index contributed by atoms with van der Waals surface area (Å²) < 4.78 is 0. The predicted octanol–water partition coefficient (Wildman–Crippen LogP) is 1.82. The molecule has 1 unspecified atom stereocenters. The quantitative estimate of drug-likeness (QED) is 0.844. The Kier molecular flexibility index (Phi) is 4.51. The van der Waals surface area contributed by atoms with Gasteiger partial charge >= 0.3 is 0 Å². The van der Waals surface area contributed by atoms with E-state index in [1.54, 1.807) is 0 Å². The number of hydrogen-bond donors (Lipinski definition) is 1. The van der Waals surface area contributed by atoms with E-state index in [1.807, 2.05) is 0 Å². The van der Waals surface area contributed by atoms with Crippen LogP contribution in [0, 0.1) is 12.8 Å². The first-order chi connectivity index (χ1) is 8.24. The summed E-state index contributed by atoms with van der Waals surface area (Å²) in [5, 5.41) is 3.49. The SMILES string of the molecule is Cc1cccc(CN2CCCNCC(C)C2)n1. The van der Waals surface area contributed by atoms with Crippen molar-refractivity contribution in [2.45, 2.75) is 26.8 Å². The highest BCUT2D eigenvalue weighted by atomic mass is 15.1. The van der Waals surface area contributed by atoms with Gasteiger partial charge in [-0.3, -0.25) is 9.88 Å². The third-order valence-corrected chi connectivity index (χ3v) is 3.22. The highest BCUT2D eigenvalue weighted by Gasteiger charge is 2.13. The number of hydrogen-bond acceptors (Lipinski definition) is 3. The molecule has 2 heterocycles. The lowest BCUT2D eigenvalue weighted by Gasteiger charge is -2.28. The molecular formula is C14H23N3. The van der Waals surface area contributed by atoms with Crippen LogP contribution in [-0.2, 0) is 6.54 Å². The van der Waals surface area contributed by atoms with Crippen LogP contribution in [0.1, 0.15) is 24.7 Å². The van der Waals surface area contributed by atoms with Crippen molar-refractivity contribution in [3.63, 3.8) is 0 Å². The van der Waals surface area contributed by atoms with E-state index in [9.17, 15) is 0 Å². The van der Waals surface area contributed by atoms with E-state index < -0.39 is 0 Å². The van der Waals surface area contributed by atoms with E-state index >= 15 is 0 Å². The smallest absolute Gasteiger partial charge is 0.0547 e. The van der Waals surface area contributed by atoms with E-state index in [4.69, 9.17) is 0 Å². The molecule has 94 valence electrons. The molecule has 0 spiro atoms. The molecule has 0 aliphatic carbocycles. The summed E-state index contributed by atoms with van der Waals surface area (Å²) in [7, 11) is 0. The second kappa shape index (κ2) is 6.12. The Hall–Kier alpha value is -0.930. The minimum Gasteiger partial charge on any atom is -0.316 e. The van der Waals surface area contributed by atoms with Crippen LogP contribution < -0.4 is 5.32 Å². The molecule has 17 heavy (non-hydrogen) atoms. The second-order valence-corrected chi connectivity index (χ2v) is 5.17. The molecule has 0 aromatic carbocycles. The molecule has 3 heteroatoms. The first kappa shape index (κ1) is 12.5.